The highest BCUT2D eigenvalue weighted by molar-refractivity contribution is 5.81. The van der Waals surface area contributed by atoms with Crippen LogP contribution >= 0.6 is 0 Å². The highest BCUT2D eigenvalue weighted by atomic mass is 16.5. The highest BCUT2D eigenvalue weighted by Gasteiger charge is 2.47. The molecule has 1 saturated carbocycles. The maximum atomic E-state index is 12.1. The summed E-state index contributed by atoms with van der Waals surface area (Å²) in [7, 11) is 5.27. The van der Waals surface area contributed by atoms with Crippen LogP contribution in [0.15, 0.2) is 0 Å². The van der Waals surface area contributed by atoms with Crippen molar-refractivity contribution < 1.29 is 14.3 Å². The third-order valence-electron chi connectivity index (χ3n) is 3.90. The molecule has 2 atom stereocenters. The van der Waals surface area contributed by atoms with Gasteiger partial charge in [0, 0.05) is 25.7 Å². The number of likely N-dealkylation sites (N-methyl/N-ethyl adjacent to an activating group) is 1. The fourth-order valence-electron chi connectivity index (χ4n) is 2.94. The van der Waals surface area contributed by atoms with Gasteiger partial charge in [-0.15, -0.1) is 0 Å². The number of methoxy groups -OCH3 is 2. The maximum Gasteiger partial charge on any atom is 0.326 e. The number of nitrogens with zero attached hydrogens (tertiary/aromatic N) is 1. The van der Waals surface area contributed by atoms with Gasteiger partial charge in [0.05, 0.1) is 13.7 Å². The molecule has 112 valence electrons. The third kappa shape index (κ3) is 4.16. The minimum absolute atomic E-state index is 0.135. The van der Waals surface area contributed by atoms with E-state index in [9.17, 15) is 4.79 Å². The fourth-order valence-corrected chi connectivity index (χ4v) is 2.94. The van der Waals surface area contributed by atoms with Crippen molar-refractivity contribution >= 4 is 5.97 Å². The van der Waals surface area contributed by atoms with Crippen LogP contribution in [0.5, 0.6) is 0 Å². The maximum absolute atomic E-state index is 12.1. The van der Waals surface area contributed by atoms with E-state index in [0.717, 1.165) is 32.4 Å². The van der Waals surface area contributed by atoms with Crippen LogP contribution in [-0.2, 0) is 14.3 Å². The van der Waals surface area contributed by atoms with E-state index in [2.05, 4.69) is 31.1 Å². The van der Waals surface area contributed by atoms with Crippen molar-refractivity contribution in [2.24, 2.45) is 0 Å². The predicted octanol–water partition coefficient (Wildman–Crippen LogP) is 1.03. The van der Waals surface area contributed by atoms with Crippen molar-refractivity contribution in [1.82, 2.24) is 10.2 Å². The minimum atomic E-state index is -0.519. The quantitative estimate of drug-likeness (QED) is 0.702. The van der Waals surface area contributed by atoms with E-state index in [4.69, 9.17) is 9.47 Å². The molecule has 0 heterocycles. The molecule has 0 aromatic carbocycles. The molecule has 1 rings (SSSR count). The van der Waals surface area contributed by atoms with E-state index in [0.29, 0.717) is 6.04 Å². The lowest BCUT2D eigenvalue weighted by Crippen LogP contribution is -2.54. The van der Waals surface area contributed by atoms with Crippen LogP contribution in [0.2, 0.25) is 0 Å². The zero-order valence-corrected chi connectivity index (χ0v) is 12.9. The average molecular weight is 272 g/mol. The van der Waals surface area contributed by atoms with E-state index in [-0.39, 0.29) is 12.0 Å². The van der Waals surface area contributed by atoms with Crippen molar-refractivity contribution in [3.63, 3.8) is 0 Å². The second-order valence-electron chi connectivity index (χ2n) is 5.74. The number of carbonyl (C=O) groups is 1. The van der Waals surface area contributed by atoms with Crippen LogP contribution in [0.1, 0.15) is 33.1 Å². The molecule has 5 heteroatoms. The first-order chi connectivity index (χ1) is 8.95. The molecule has 0 aromatic rings. The van der Waals surface area contributed by atoms with Gasteiger partial charge in [-0.25, -0.2) is 0 Å². The van der Waals surface area contributed by atoms with Crippen LogP contribution in [0.3, 0.4) is 0 Å². The summed E-state index contributed by atoms with van der Waals surface area (Å²) >= 11 is 0. The third-order valence-corrected chi connectivity index (χ3v) is 3.90. The molecular weight excluding hydrogens is 244 g/mol. The van der Waals surface area contributed by atoms with Gasteiger partial charge in [-0.1, -0.05) is 0 Å². The Kier molecular flexibility index (Phi) is 6.23. The van der Waals surface area contributed by atoms with Crippen molar-refractivity contribution in [1.29, 1.82) is 0 Å². The summed E-state index contributed by atoms with van der Waals surface area (Å²) in [6.07, 6.45) is 2.65. The molecule has 0 aromatic heterocycles. The fraction of sp³-hybridized carbons (Fsp3) is 0.929. The second-order valence-corrected chi connectivity index (χ2v) is 5.74. The zero-order chi connectivity index (χ0) is 14.5. The SMILES string of the molecule is COCCN(C)C1CCC(NC(C)C)(C(=O)OC)C1. The lowest BCUT2D eigenvalue weighted by Gasteiger charge is -2.31. The van der Waals surface area contributed by atoms with Gasteiger partial charge in [0.1, 0.15) is 5.54 Å². The number of hydrogen-bond acceptors (Lipinski definition) is 5. The van der Waals surface area contributed by atoms with Gasteiger partial charge in [-0.05, 0) is 40.2 Å². The highest BCUT2D eigenvalue weighted by Crippen LogP contribution is 2.34. The van der Waals surface area contributed by atoms with Gasteiger partial charge in [0.25, 0.3) is 0 Å². The van der Waals surface area contributed by atoms with Crippen molar-refractivity contribution in [2.75, 3.05) is 34.4 Å². The molecule has 0 saturated heterocycles. The predicted molar refractivity (Wildman–Crippen MR) is 75.2 cm³/mol. The molecular formula is C14H28N2O3. The zero-order valence-electron chi connectivity index (χ0n) is 12.9. The summed E-state index contributed by atoms with van der Waals surface area (Å²) in [6, 6.07) is 0.669. The number of ether oxygens (including phenoxy) is 2. The Balaban J connectivity index is 2.68. The molecule has 1 aliphatic carbocycles. The molecule has 2 unspecified atom stereocenters. The van der Waals surface area contributed by atoms with Crippen LogP contribution in [0.4, 0.5) is 0 Å². The summed E-state index contributed by atoms with van der Waals surface area (Å²) in [5.74, 6) is -0.135. The normalized spacial score (nSPS) is 27.2. The van der Waals surface area contributed by atoms with E-state index in [1.165, 1.54) is 7.11 Å². The Hall–Kier alpha value is -0.650. The first kappa shape index (κ1) is 16.4. The number of carbonyl (C=O) groups excluding carboxylic acids is 1. The molecule has 5 nitrogen and oxygen atoms in total. The van der Waals surface area contributed by atoms with Gasteiger partial charge in [-0.2, -0.15) is 0 Å². The van der Waals surface area contributed by atoms with Crippen LogP contribution < -0.4 is 5.32 Å². The second kappa shape index (κ2) is 7.22. The Morgan fingerprint density at radius 1 is 1.47 bits per heavy atom. The van der Waals surface area contributed by atoms with E-state index in [1.54, 1.807) is 7.11 Å². The first-order valence-electron chi connectivity index (χ1n) is 7.00. The summed E-state index contributed by atoms with van der Waals surface area (Å²) in [4.78, 5) is 14.4. The molecule has 19 heavy (non-hydrogen) atoms. The molecule has 1 fully saturated rings. The van der Waals surface area contributed by atoms with Crippen LogP contribution in [0, 0.1) is 0 Å². The molecule has 0 bridgehead atoms. The van der Waals surface area contributed by atoms with Crippen molar-refractivity contribution in [2.45, 2.75) is 50.7 Å². The van der Waals surface area contributed by atoms with Gasteiger partial charge in [-0.3, -0.25) is 10.1 Å². The topological polar surface area (TPSA) is 50.8 Å². The van der Waals surface area contributed by atoms with Crippen LogP contribution in [-0.4, -0.2) is 62.9 Å². The minimum Gasteiger partial charge on any atom is -0.468 e. The number of rotatable bonds is 7. The Morgan fingerprint density at radius 2 is 2.16 bits per heavy atom. The molecule has 1 aliphatic rings. The number of hydrogen-bond donors (Lipinski definition) is 1. The first-order valence-corrected chi connectivity index (χ1v) is 7.00. The summed E-state index contributed by atoms with van der Waals surface area (Å²) in [6.45, 7) is 5.73. The molecule has 0 radical (unpaired) electrons. The van der Waals surface area contributed by atoms with Crippen molar-refractivity contribution in [3.05, 3.63) is 0 Å². The lowest BCUT2D eigenvalue weighted by atomic mass is 9.96. The molecule has 0 amide bonds. The van der Waals surface area contributed by atoms with Gasteiger partial charge in [0.15, 0.2) is 0 Å². The van der Waals surface area contributed by atoms with E-state index in [1.807, 2.05) is 0 Å². The van der Waals surface area contributed by atoms with Gasteiger partial charge < -0.3 is 14.4 Å². The van der Waals surface area contributed by atoms with Crippen LogP contribution in [0.25, 0.3) is 0 Å². The Morgan fingerprint density at radius 3 is 2.68 bits per heavy atom. The summed E-state index contributed by atoms with van der Waals surface area (Å²) < 4.78 is 10.1. The Bertz CT molecular complexity index is 296. The summed E-state index contributed by atoms with van der Waals surface area (Å²) in [5, 5.41) is 3.41. The molecule has 1 N–H and O–H groups in total. The standard InChI is InChI=1S/C14H28N2O3/c1-11(2)15-14(13(17)19-5)7-6-12(10-14)16(3)8-9-18-4/h11-12,15H,6-10H2,1-5H3. The van der Waals surface area contributed by atoms with E-state index >= 15 is 0 Å². The monoisotopic (exact) mass is 272 g/mol. The van der Waals surface area contributed by atoms with E-state index < -0.39 is 5.54 Å². The number of esters is 1. The average Bonchev–Trinajstić information content (AvgIpc) is 2.79. The smallest absolute Gasteiger partial charge is 0.326 e. The molecule has 0 aliphatic heterocycles. The Labute approximate surface area is 116 Å². The lowest BCUT2D eigenvalue weighted by molar-refractivity contribution is -0.149. The largest absolute Gasteiger partial charge is 0.468 e. The number of nitrogens with one attached hydrogen (secondary N) is 1. The van der Waals surface area contributed by atoms with Gasteiger partial charge >= 0.3 is 5.97 Å². The summed E-state index contributed by atoms with van der Waals surface area (Å²) in [5.41, 5.74) is -0.519. The van der Waals surface area contributed by atoms with Gasteiger partial charge in [0.2, 0.25) is 0 Å². The van der Waals surface area contributed by atoms with Crippen molar-refractivity contribution in [3.8, 4) is 0 Å². The molecule has 0 spiro atoms.